The molecule has 4 fully saturated rings. The van der Waals surface area contributed by atoms with Crippen LogP contribution in [0.3, 0.4) is 0 Å². The third kappa shape index (κ3) is 3.19. The highest BCUT2D eigenvalue weighted by Crippen LogP contribution is 2.56. The van der Waals surface area contributed by atoms with Gasteiger partial charge in [0.1, 0.15) is 5.75 Å². The minimum absolute atomic E-state index is 0.370. The van der Waals surface area contributed by atoms with Crippen LogP contribution in [-0.2, 0) is 4.74 Å². The van der Waals surface area contributed by atoms with E-state index in [1.54, 1.807) is 0 Å². The van der Waals surface area contributed by atoms with Crippen LogP contribution in [0.1, 0.15) is 44.6 Å². The Hall–Kier alpha value is -1.28. The summed E-state index contributed by atoms with van der Waals surface area (Å²) in [4.78, 5) is 0. The van der Waals surface area contributed by atoms with Crippen molar-refractivity contribution in [3.05, 3.63) is 36.4 Å². The summed E-state index contributed by atoms with van der Waals surface area (Å²) in [7, 11) is 0. The number of rotatable bonds is 6. The first-order valence-electron chi connectivity index (χ1n) is 9.15. The molecule has 1 aromatic rings. The van der Waals surface area contributed by atoms with Crippen LogP contribution in [0.5, 0.6) is 5.75 Å². The van der Waals surface area contributed by atoms with Gasteiger partial charge in [0.15, 0.2) is 6.79 Å². The molecule has 4 bridgehead atoms. The zero-order valence-electron chi connectivity index (χ0n) is 14.2. The van der Waals surface area contributed by atoms with Crippen LogP contribution >= 0.6 is 0 Å². The van der Waals surface area contributed by atoms with Crippen molar-refractivity contribution in [2.24, 2.45) is 29.6 Å². The fourth-order valence-electron chi connectivity index (χ4n) is 5.44. The Labute approximate surface area is 139 Å². The molecule has 4 aliphatic rings. The van der Waals surface area contributed by atoms with E-state index in [1.165, 1.54) is 32.1 Å². The fourth-order valence-corrected chi connectivity index (χ4v) is 5.44. The predicted molar refractivity (Wildman–Crippen MR) is 93.1 cm³/mol. The van der Waals surface area contributed by atoms with Gasteiger partial charge in [-0.05, 0) is 86.3 Å². The number of hydrogen-bond donors (Lipinski definition) is 0. The average molecular weight is 312 g/mol. The number of hydrogen-bond acceptors (Lipinski definition) is 2. The van der Waals surface area contributed by atoms with Crippen molar-refractivity contribution in [1.29, 1.82) is 0 Å². The first-order valence-corrected chi connectivity index (χ1v) is 9.15. The Balaban J connectivity index is 1.24. The topological polar surface area (TPSA) is 18.5 Å². The molecule has 2 heteroatoms. The SMILES string of the molecule is C=C(C)c1ccc(OCOCC2C3CC4CC(C3)CC2C4)cc1. The van der Waals surface area contributed by atoms with E-state index in [0.717, 1.165) is 53.1 Å². The maximum Gasteiger partial charge on any atom is 0.189 e. The molecule has 0 saturated heterocycles. The molecule has 0 aliphatic heterocycles. The van der Waals surface area contributed by atoms with Gasteiger partial charge in [-0.25, -0.2) is 0 Å². The van der Waals surface area contributed by atoms with Crippen molar-refractivity contribution in [3.63, 3.8) is 0 Å². The molecule has 2 nitrogen and oxygen atoms in total. The van der Waals surface area contributed by atoms with Gasteiger partial charge in [0.25, 0.3) is 0 Å². The molecule has 4 aliphatic carbocycles. The molecule has 0 spiro atoms. The largest absolute Gasteiger partial charge is 0.468 e. The van der Waals surface area contributed by atoms with Crippen molar-refractivity contribution in [2.45, 2.75) is 39.0 Å². The quantitative estimate of drug-likeness (QED) is 0.534. The smallest absolute Gasteiger partial charge is 0.189 e. The summed E-state index contributed by atoms with van der Waals surface area (Å²) in [5.74, 6) is 5.60. The highest BCUT2D eigenvalue weighted by molar-refractivity contribution is 5.61. The Morgan fingerprint density at radius 2 is 1.61 bits per heavy atom. The molecule has 0 N–H and O–H groups in total. The maximum absolute atomic E-state index is 5.90. The van der Waals surface area contributed by atoms with E-state index < -0.39 is 0 Å². The van der Waals surface area contributed by atoms with Crippen LogP contribution in [0.4, 0.5) is 0 Å². The second-order valence-corrected chi connectivity index (χ2v) is 8.03. The molecule has 4 saturated carbocycles. The van der Waals surface area contributed by atoms with Gasteiger partial charge in [0.05, 0.1) is 6.61 Å². The van der Waals surface area contributed by atoms with E-state index in [4.69, 9.17) is 9.47 Å². The van der Waals surface area contributed by atoms with Crippen LogP contribution in [0, 0.1) is 29.6 Å². The highest BCUT2D eigenvalue weighted by atomic mass is 16.7. The Morgan fingerprint density at radius 1 is 1.00 bits per heavy atom. The van der Waals surface area contributed by atoms with E-state index >= 15 is 0 Å². The van der Waals surface area contributed by atoms with Crippen LogP contribution in [0.25, 0.3) is 5.57 Å². The number of allylic oxidation sites excluding steroid dienone is 1. The molecule has 5 rings (SSSR count). The van der Waals surface area contributed by atoms with Crippen molar-refractivity contribution < 1.29 is 9.47 Å². The lowest BCUT2D eigenvalue weighted by Crippen LogP contribution is -2.46. The third-order valence-corrected chi connectivity index (χ3v) is 6.39. The van der Waals surface area contributed by atoms with Crippen LogP contribution < -0.4 is 4.74 Å². The fraction of sp³-hybridized carbons (Fsp3) is 0.619. The zero-order chi connectivity index (χ0) is 15.8. The van der Waals surface area contributed by atoms with Gasteiger partial charge >= 0.3 is 0 Å². The van der Waals surface area contributed by atoms with Crippen molar-refractivity contribution >= 4 is 5.57 Å². The lowest BCUT2D eigenvalue weighted by Gasteiger charge is -2.54. The summed E-state index contributed by atoms with van der Waals surface area (Å²) >= 11 is 0. The highest BCUT2D eigenvalue weighted by Gasteiger charge is 2.47. The summed E-state index contributed by atoms with van der Waals surface area (Å²) in [6, 6.07) is 8.09. The third-order valence-electron chi connectivity index (χ3n) is 6.39. The van der Waals surface area contributed by atoms with Crippen LogP contribution in [0.15, 0.2) is 30.8 Å². The second kappa shape index (κ2) is 6.32. The molecule has 0 aromatic heterocycles. The zero-order valence-corrected chi connectivity index (χ0v) is 14.2. The maximum atomic E-state index is 5.90. The van der Waals surface area contributed by atoms with Crippen molar-refractivity contribution in [3.8, 4) is 5.75 Å². The summed E-state index contributed by atoms with van der Waals surface area (Å²) in [6.07, 6.45) is 7.37. The van der Waals surface area contributed by atoms with Gasteiger partial charge in [-0.15, -0.1) is 0 Å². The molecule has 0 radical (unpaired) electrons. The molecule has 23 heavy (non-hydrogen) atoms. The van der Waals surface area contributed by atoms with Gasteiger partial charge in [0, 0.05) is 0 Å². The van der Waals surface area contributed by atoms with Crippen molar-refractivity contribution in [2.75, 3.05) is 13.4 Å². The first kappa shape index (κ1) is 15.3. The van der Waals surface area contributed by atoms with Gasteiger partial charge in [-0.2, -0.15) is 0 Å². The van der Waals surface area contributed by atoms with E-state index in [-0.39, 0.29) is 0 Å². The van der Waals surface area contributed by atoms with E-state index in [1.807, 2.05) is 19.1 Å². The van der Waals surface area contributed by atoms with Crippen LogP contribution in [-0.4, -0.2) is 13.4 Å². The monoisotopic (exact) mass is 312 g/mol. The lowest BCUT2D eigenvalue weighted by molar-refractivity contribution is -0.0912. The summed E-state index contributed by atoms with van der Waals surface area (Å²) < 4.78 is 11.6. The molecular weight excluding hydrogens is 284 g/mol. The Kier molecular flexibility index (Phi) is 4.19. The predicted octanol–water partition coefficient (Wildman–Crippen LogP) is 5.14. The van der Waals surface area contributed by atoms with E-state index in [2.05, 4.69) is 18.7 Å². The molecule has 0 unspecified atom stereocenters. The number of benzene rings is 1. The van der Waals surface area contributed by atoms with Crippen molar-refractivity contribution in [1.82, 2.24) is 0 Å². The minimum atomic E-state index is 0.370. The molecule has 0 amide bonds. The van der Waals surface area contributed by atoms with Gasteiger partial charge in [-0.1, -0.05) is 24.3 Å². The van der Waals surface area contributed by atoms with Crippen LogP contribution in [0.2, 0.25) is 0 Å². The first-order chi connectivity index (χ1) is 11.2. The lowest BCUT2D eigenvalue weighted by atomic mass is 9.52. The van der Waals surface area contributed by atoms with E-state index in [0.29, 0.717) is 6.79 Å². The Morgan fingerprint density at radius 3 is 2.17 bits per heavy atom. The summed E-state index contributed by atoms with van der Waals surface area (Å²) in [5.41, 5.74) is 2.24. The average Bonchev–Trinajstić information content (AvgIpc) is 2.53. The van der Waals surface area contributed by atoms with Gasteiger partial charge < -0.3 is 9.47 Å². The van der Waals surface area contributed by atoms with Gasteiger partial charge in [0.2, 0.25) is 0 Å². The number of ether oxygens (including phenoxy) is 2. The van der Waals surface area contributed by atoms with E-state index in [9.17, 15) is 0 Å². The molecule has 124 valence electrons. The molecule has 1 aromatic carbocycles. The molecule has 0 atom stereocenters. The Bertz CT molecular complexity index is 532. The molecule has 0 heterocycles. The minimum Gasteiger partial charge on any atom is -0.468 e. The second-order valence-electron chi connectivity index (χ2n) is 8.03. The standard InChI is InChI=1S/C21H28O2/c1-14(2)17-3-5-20(6-4-17)23-13-22-12-21-18-8-15-7-16(10-18)11-19(21)9-15/h3-6,15-16,18-19,21H,1,7-13H2,2H3. The van der Waals surface area contributed by atoms with Gasteiger partial charge in [-0.3, -0.25) is 0 Å². The summed E-state index contributed by atoms with van der Waals surface area (Å²) in [6.45, 7) is 7.23. The summed E-state index contributed by atoms with van der Waals surface area (Å²) in [5, 5.41) is 0. The molecular formula is C21H28O2. The normalized spacial score (nSPS) is 34.6.